The third-order valence-corrected chi connectivity index (χ3v) is 1.89. The van der Waals surface area contributed by atoms with E-state index in [0.717, 1.165) is 25.4 Å². The van der Waals surface area contributed by atoms with Gasteiger partial charge in [0.25, 0.3) is 0 Å². The number of hydrogen-bond acceptors (Lipinski definition) is 4. The summed E-state index contributed by atoms with van der Waals surface area (Å²) in [4.78, 5) is 6.08. The Morgan fingerprint density at radius 1 is 1.67 bits per heavy atom. The SMILES string of the molecule is NC1=NCCN1Cc1ccco1. The topological polar surface area (TPSA) is 54.8 Å². The van der Waals surface area contributed by atoms with Gasteiger partial charge in [-0.3, -0.25) is 4.99 Å². The summed E-state index contributed by atoms with van der Waals surface area (Å²) < 4.78 is 5.19. The molecule has 2 rings (SSSR count). The van der Waals surface area contributed by atoms with Crippen LogP contribution in [0.4, 0.5) is 0 Å². The van der Waals surface area contributed by atoms with Crippen molar-refractivity contribution in [3.05, 3.63) is 24.2 Å². The molecule has 0 spiro atoms. The van der Waals surface area contributed by atoms with Gasteiger partial charge in [-0.15, -0.1) is 0 Å². The van der Waals surface area contributed by atoms with Crippen LogP contribution in [-0.4, -0.2) is 23.9 Å². The molecule has 2 heterocycles. The van der Waals surface area contributed by atoms with Crippen molar-refractivity contribution >= 4 is 5.96 Å². The van der Waals surface area contributed by atoms with Gasteiger partial charge < -0.3 is 15.1 Å². The number of aliphatic imine (C=N–C) groups is 1. The average molecular weight is 165 g/mol. The van der Waals surface area contributed by atoms with Gasteiger partial charge in [0.05, 0.1) is 19.4 Å². The Balaban J connectivity index is 2.00. The van der Waals surface area contributed by atoms with Crippen LogP contribution in [0.5, 0.6) is 0 Å². The minimum atomic E-state index is 0.617. The van der Waals surface area contributed by atoms with Gasteiger partial charge >= 0.3 is 0 Å². The summed E-state index contributed by atoms with van der Waals surface area (Å²) in [7, 11) is 0. The monoisotopic (exact) mass is 165 g/mol. The third kappa shape index (κ3) is 1.28. The lowest BCUT2D eigenvalue weighted by atomic mass is 10.4. The molecule has 1 aliphatic rings. The summed E-state index contributed by atoms with van der Waals surface area (Å²) in [6.45, 7) is 2.42. The van der Waals surface area contributed by atoms with Gasteiger partial charge in [-0.2, -0.15) is 0 Å². The molecule has 0 fully saturated rings. The zero-order valence-electron chi connectivity index (χ0n) is 6.73. The van der Waals surface area contributed by atoms with Crippen molar-refractivity contribution < 1.29 is 4.42 Å². The summed E-state index contributed by atoms with van der Waals surface area (Å²) in [6, 6.07) is 3.81. The first-order chi connectivity index (χ1) is 5.86. The van der Waals surface area contributed by atoms with Gasteiger partial charge in [0.1, 0.15) is 5.76 Å². The van der Waals surface area contributed by atoms with E-state index in [1.165, 1.54) is 0 Å². The Bertz CT molecular complexity index is 279. The van der Waals surface area contributed by atoms with Crippen LogP contribution in [0.1, 0.15) is 5.76 Å². The van der Waals surface area contributed by atoms with E-state index in [2.05, 4.69) is 4.99 Å². The number of furan rings is 1. The van der Waals surface area contributed by atoms with Crippen LogP contribution >= 0.6 is 0 Å². The quantitative estimate of drug-likeness (QED) is 0.690. The molecule has 0 saturated heterocycles. The second-order valence-corrected chi connectivity index (χ2v) is 2.74. The number of nitrogens with two attached hydrogens (primary N) is 1. The van der Waals surface area contributed by atoms with E-state index in [-0.39, 0.29) is 0 Å². The largest absolute Gasteiger partial charge is 0.467 e. The molecule has 0 saturated carbocycles. The van der Waals surface area contributed by atoms with Crippen LogP contribution in [0.3, 0.4) is 0 Å². The van der Waals surface area contributed by atoms with E-state index in [1.54, 1.807) is 6.26 Å². The van der Waals surface area contributed by atoms with Crippen molar-refractivity contribution in [2.75, 3.05) is 13.1 Å². The Kier molecular flexibility index (Phi) is 1.74. The zero-order chi connectivity index (χ0) is 8.39. The maximum absolute atomic E-state index is 5.63. The van der Waals surface area contributed by atoms with E-state index >= 15 is 0 Å². The predicted octanol–water partition coefficient (Wildman–Crippen LogP) is 0.410. The van der Waals surface area contributed by atoms with Crippen molar-refractivity contribution in [2.24, 2.45) is 10.7 Å². The Labute approximate surface area is 70.7 Å². The molecule has 1 aliphatic heterocycles. The van der Waals surface area contributed by atoms with E-state index in [9.17, 15) is 0 Å². The molecule has 4 nitrogen and oxygen atoms in total. The molecule has 1 aromatic heterocycles. The number of rotatable bonds is 2. The first-order valence-electron chi connectivity index (χ1n) is 3.93. The molecular formula is C8H11N3O. The number of nitrogens with zero attached hydrogens (tertiary/aromatic N) is 2. The molecule has 0 amide bonds. The van der Waals surface area contributed by atoms with Crippen LogP contribution in [0.15, 0.2) is 27.8 Å². The molecule has 0 bridgehead atoms. The van der Waals surface area contributed by atoms with Crippen LogP contribution in [0.25, 0.3) is 0 Å². The van der Waals surface area contributed by atoms with Gasteiger partial charge in [0.2, 0.25) is 0 Å². The fourth-order valence-electron chi connectivity index (χ4n) is 1.25. The highest BCUT2D eigenvalue weighted by Crippen LogP contribution is 2.07. The second-order valence-electron chi connectivity index (χ2n) is 2.74. The molecule has 2 N–H and O–H groups in total. The van der Waals surface area contributed by atoms with Crippen LogP contribution in [0, 0.1) is 0 Å². The average Bonchev–Trinajstić information content (AvgIpc) is 2.65. The number of guanidine groups is 1. The van der Waals surface area contributed by atoms with Crippen molar-refractivity contribution in [1.82, 2.24) is 4.90 Å². The molecular weight excluding hydrogens is 154 g/mol. The molecule has 1 aromatic rings. The molecule has 4 heteroatoms. The fourth-order valence-corrected chi connectivity index (χ4v) is 1.25. The van der Waals surface area contributed by atoms with E-state index in [1.807, 2.05) is 17.0 Å². The Morgan fingerprint density at radius 2 is 2.58 bits per heavy atom. The van der Waals surface area contributed by atoms with Gasteiger partial charge in [-0.05, 0) is 12.1 Å². The normalized spacial score (nSPS) is 16.7. The van der Waals surface area contributed by atoms with Crippen molar-refractivity contribution in [1.29, 1.82) is 0 Å². The van der Waals surface area contributed by atoms with Gasteiger partial charge in [-0.1, -0.05) is 0 Å². The van der Waals surface area contributed by atoms with Crippen LogP contribution in [-0.2, 0) is 6.54 Å². The summed E-state index contributed by atoms with van der Waals surface area (Å²) in [5.74, 6) is 1.54. The summed E-state index contributed by atoms with van der Waals surface area (Å²) in [6.07, 6.45) is 1.67. The lowest BCUT2D eigenvalue weighted by Gasteiger charge is -2.14. The van der Waals surface area contributed by atoms with Crippen LogP contribution in [0.2, 0.25) is 0 Å². The first-order valence-corrected chi connectivity index (χ1v) is 3.93. The summed E-state index contributed by atoms with van der Waals surface area (Å²) >= 11 is 0. The minimum Gasteiger partial charge on any atom is -0.467 e. The standard InChI is InChI=1S/C8H11N3O/c9-8-10-3-4-11(8)6-7-2-1-5-12-7/h1-2,5H,3-4,6H2,(H2,9,10). The van der Waals surface area contributed by atoms with Gasteiger partial charge in [0, 0.05) is 6.54 Å². The predicted molar refractivity (Wildman–Crippen MR) is 45.6 cm³/mol. The van der Waals surface area contributed by atoms with Crippen molar-refractivity contribution in [3.63, 3.8) is 0 Å². The lowest BCUT2D eigenvalue weighted by molar-refractivity contribution is 0.383. The van der Waals surface area contributed by atoms with Crippen molar-refractivity contribution in [3.8, 4) is 0 Å². The molecule has 0 radical (unpaired) electrons. The minimum absolute atomic E-state index is 0.617. The maximum Gasteiger partial charge on any atom is 0.191 e. The van der Waals surface area contributed by atoms with E-state index in [0.29, 0.717) is 5.96 Å². The van der Waals surface area contributed by atoms with E-state index < -0.39 is 0 Å². The zero-order valence-corrected chi connectivity index (χ0v) is 6.73. The van der Waals surface area contributed by atoms with Crippen molar-refractivity contribution in [2.45, 2.75) is 6.54 Å². The number of hydrogen-bond donors (Lipinski definition) is 1. The van der Waals surface area contributed by atoms with E-state index in [4.69, 9.17) is 10.2 Å². The first kappa shape index (κ1) is 7.21. The highest BCUT2D eigenvalue weighted by Gasteiger charge is 2.14. The Morgan fingerprint density at radius 3 is 3.17 bits per heavy atom. The van der Waals surface area contributed by atoms with Gasteiger partial charge in [-0.25, -0.2) is 0 Å². The summed E-state index contributed by atoms with van der Waals surface area (Å²) in [5, 5.41) is 0. The van der Waals surface area contributed by atoms with Gasteiger partial charge in [0.15, 0.2) is 5.96 Å². The molecule has 0 atom stereocenters. The molecule has 0 aromatic carbocycles. The highest BCUT2D eigenvalue weighted by molar-refractivity contribution is 5.79. The fraction of sp³-hybridized carbons (Fsp3) is 0.375. The highest BCUT2D eigenvalue weighted by atomic mass is 16.3. The van der Waals surface area contributed by atoms with Crippen LogP contribution < -0.4 is 5.73 Å². The molecule has 0 aliphatic carbocycles. The lowest BCUT2D eigenvalue weighted by Crippen LogP contribution is -2.32. The second kappa shape index (κ2) is 2.89. The smallest absolute Gasteiger partial charge is 0.191 e. The molecule has 0 unspecified atom stereocenters. The third-order valence-electron chi connectivity index (χ3n) is 1.89. The maximum atomic E-state index is 5.63. The Hall–Kier alpha value is -1.45. The molecule has 12 heavy (non-hydrogen) atoms. The summed E-state index contributed by atoms with van der Waals surface area (Å²) in [5.41, 5.74) is 5.63. The molecule has 64 valence electrons.